The van der Waals surface area contributed by atoms with Gasteiger partial charge >= 0.3 is 0 Å². The fourth-order valence-corrected chi connectivity index (χ4v) is 1.55. The van der Waals surface area contributed by atoms with Gasteiger partial charge in [0.05, 0.1) is 0 Å². The summed E-state index contributed by atoms with van der Waals surface area (Å²) < 4.78 is 0. The van der Waals surface area contributed by atoms with Crippen molar-refractivity contribution in [1.82, 2.24) is 0 Å². The summed E-state index contributed by atoms with van der Waals surface area (Å²) in [6.45, 7) is 8.85. The largest absolute Gasteiger partial charge is 0.0842 e. The Bertz CT molecular complexity index is 264. The van der Waals surface area contributed by atoms with E-state index in [1.807, 2.05) is 0 Å². The van der Waals surface area contributed by atoms with E-state index in [1.54, 1.807) is 0 Å². The number of rotatable bonds is 1. The van der Waals surface area contributed by atoms with Gasteiger partial charge in [0.15, 0.2) is 0 Å². The third kappa shape index (κ3) is 2.84. The highest BCUT2D eigenvalue weighted by Gasteiger charge is 2.13. The molecule has 0 unspecified atom stereocenters. The maximum absolute atomic E-state index is 3.56. The molecule has 0 fully saturated rings. The predicted octanol–water partition coefficient (Wildman–Crippen LogP) is 4.44. The molecule has 0 radical (unpaired) electrons. The van der Waals surface area contributed by atoms with Gasteiger partial charge in [-0.2, -0.15) is 0 Å². The van der Waals surface area contributed by atoms with Crippen LogP contribution in [0, 0.1) is 0 Å². The highest BCUT2D eigenvalue weighted by molar-refractivity contribution is 9.09. The van der Waals surface area contributed by atoms with Crippen LogP contribution in [-0.4, -0.2) is 0 Å². The van der Waals surface area contributed by atoms with E-state index in [0.29, 0.717) is 4.83 Å². The van der Waals surface area contributed by atoms with E-state index in [-0.39, 0.29) is 5.41 Å². The standard InChI is InChI=1S/C12H17Br/c1-9(13)10-5-7-11(8-6-10)12(2,3)4/h5-9H,1-4H3/t9-/m0/s1. The first kappa shape index (κ1) is 10.8. The van der Waals surface area contributed by atoms with Crippen LogP contribution in [0.3, 0.4) is 0 Å². The molecule has 0 aliphatic rings. The molecule has 1 aromatic rings. The second kappa shape index (κ2) is 3.83. The van der Waals surface area contributed by atoms with Crippen LogP contribution in [0.4, 0.5) is 0 Å². The van der Waals surface area contributed by atoms with Crippen LogP contribution < -0.4 is 0 Å². The Balaban J connectivity index is 2.94. The number of alkyl halides is 1. The molecule has 0 amide bonds. The number of hydrogen-bond acceptors (Lipinski definition) is 0. The van der Waals surface area contributed by atoms with Crippen molar-refractivity contribution in [3.8, 4) is 0 Å². The van der Waals surface area contributed by atoms with E-state index in [0.717, 1.165) is 0 Å². The zero-order valence-electron chi connectivity index (χ0n) is 8.76. The fraction of sp³-hybridized carbons (Fsp3) is 0.500. The molecule has 0 N–H and O–H groups in total. The first-order valence-electron chi connectivity index (χ1n) is 4.66. The number of hydrogen-bond donors (Lipinski definition) is 0. The van der Waals surface area contributed by atoms with Crippen molar-refractivity contribution in [2.24, 2.45) is 0 Å². The molecule has 0 saturated heterocycles. The second-order valence-corrected chi connectivity index (χ2v) is 5.86. The fourth-order valence-electron chi connectivity index (χ4n) is 1.25. The van der Waals surface area contributed by atoms with E-state index >= 15 is 0 Å². The summed E-state index contributed by atoms with van der Waals surface area (Å²) in [5.41, 5.74) is 2.99. The first-order valence-corrected chi connectivity index (χ1v) is 5.57. The minimum absolute atomic E-state index is 0.258. The van der Waals surface area contributed by atoms with Gasteiger partial charge in [-0.05, 0) is 23.5 Å². The molecule has 0 saturated carbocycles. The lowest BCUT2D eigenvalue weighted by Crippen LogP contribution is -2.10. The Morgan fingerprint density at radius 3 is 1.85 bits per heavy atom. The van der Waals surface area contributed by atoms with E-state index in [4.69, 9.17) is 0 Å². The van der Waals surface area contributed by atoms with Crippen LogP contribution in [0.15, 0.2) is 24.3 Å². The normalized spacial score (nSPS) is 14.2. The highest BCUT2D eigenvalue weighted by atomic mass is 79.9. The van der Waals surface area contributed by atoms with E-state index in [1.165, 1.54) is 11.1 Å². The molecule has 0 aliphatic heterocycles. The SMILES string of the molecule is C[C@H](Br)c1ccc(C(C)(C)C)cc1. The highest BCUT2D eigenvalue weighted by Crippen LogP contribution is 2.26. The molecule has 1 atom stereocenters. The predicted molar refractivity (Wildman–Crippen MR) is 62.5 cm³/mol. The maximum atomic E-state index is 3.56. The maximum Gasteiger partial charge on any atom is 0.0367 e. The molecule has 1 heteroatoms. The number of benzene rings is 1. The van der Waals surface area contributed by atoms with Crippen LogP contribution in [-0.2, 0) is 5.41 Å². The van der Waals surface area contributed by atoms with Gasteiger partial charge in [-0.25, -0.2) is 0 Å². The summed E-state index contributed by atoms with van der Waals surface area (Å²) in [5, 5.41) is 0. The lowest BCUT2D eigenvalue weighted by atomic mass is 9.86. The Morgan fingerprint density at radius 1 is 1.08 bits per heavy atom. The van der Waals surface area contributed by atoms with Gasteiger partial charge in [-0.3, -0.25) is 0 Å². The molecule has 1 aromatic carbocycles. The molecule has 0 bridgehead atoms. The van der Waals surface area contributed by atoms with Crippen molar-refractivity contribution in [1.29, 1.82) is 0 Å². The van der Waals surface area contributed by atoms with Gasteiger partial charge < -0.3 is 0 Å². The van der Waals surface area contributed by atoms with Gasteiger partial charge in [0.25, 0.3) is 0 Å². The molecule has 0 aliphatic carbocycles. The average molecular weight is 241 g/mol. The van der Waals surface area contributed by atoms with Gasteiger partial charge in [0, 0.05) is 4.83 Å². The zero-order valence-corrected chi connectivity index (χ0v) is 10.4. The van der Waals surface area contributed by atoms with Crippen molar-refractivity contribution >= 4 is 15.9 Å². The molecular formula is C12H17Br. The molecule has 72 valence electrons. The summed E-state index contributed by atoms with van der Waals surface area (Å²) >= 11 is 3.56. The van der Waals surface area contributed by atoms with Crippen molar-refractivity contribution in [2.75, 3.05) is 0 Å². The van der Waals surface area contributed by atoms with Gasteiger partial charge in [0.2, 0.25) is 0 Å². The Labute approximate surface area is 89.5 Å². The Hall–Kier alpha value is -0.300. The van der Waals surface area contributed by atoms with Gasteiger partial charge in [-0.1, -0.05) is 61.0 Å². The number of halogens is 1. The van der Waals surface area contributed by atoms with E-state index in [2.05, 4.69) is 67.9 Å². The molecular weight excluding hydrogens is 224 g/mol. The summed E-state index contributed by atoms with van der Waals surface area (Å²) in [4.78, 5) is 0.446. The quantitative estimate of drug-likeness (QED) is 0.637. The van der Waals surface area contributed by atoms with Crippen molar-refractivity contribution in [3.05, 3.63) is 35.4 Å². The lowest BCUT2D eigenvalue weighted by molar-refractivity contribution is 0.590. The Morgan fingerprint density at radius 2 is 1.54 bits per heavy atom. The lowest BCUT2D eigenvalue weighted by Gasteiger charge is -2.19. The van der Waals surface area contributed by atoms with Crippen LogP contribution in [0.25, 0.3) is 0 Å². The summed E-state index contributed by atoms with van der Waals surface area (Å²) in [6.07, 6.45) is 0. The second-order valence-electron chi connectivity index (χ2n) is 4.49. The first-order chi connectivity index (χ1) is 5.91. The van der Waals surface area contributed by atoms with Gasteiger partial charge in [-0.15, -0.1) is 0 Å². The minimum Gasteiger partial charge on any atom is -0.0842 e. The van der Waals surface area contributed by atoms with E-state index < -0.39 is 0 Å². The molecule has 13 heavy (non-hydrogen) atoms. The summed E-state index contributed by atoms with van der Waals surface area (Å²) in [6, 6.07) is 8.82. The van der Waals surface area contributed by atoms with Crippen LogP contribution in [0.2, 0.25) is 0 Å². The van der Waals surface area contributed by atoms with Crippen LogP contribution in [0.5, 0.6) is 0 Å². The third-order valence-electron chi connectivity index (χ3n) is 2.24. The monoisotopic (exact) mass is 240 g/mol. The smallest absolute Gasteiger partial charge is 0.0367 e. The molecule has 1 rings (SSSR count). The topological polar surface area (TPSA) is 0 Å². The summed E-state index contributed by atoms with van der Waals surface area (Å²) in [7, 11) is 0. The van der Waals surface area contributed by atoms with Crippen molar-refractivity contribution in [2.45, 2.75) is 37.9 Å². The Kier molecular flexibility index (Phi) is 3.18. The van der Waals surface area contributed by atoms with Crippen molar-refractivity contribution in [3.63, 3.8) is 0 Å². The minimum atomic E-state index is 0.258. The molecule has 0 heterocycles. The zero-order chi connectivity index (χ0) is 10.1. The third-order valence-corrected chi connectivity index (χ3v) is 2.76. The van der Waals surface area contributed by atoms with Crippen LogP contribution in [0.1, 0.15) is 43.6 Å². The molecule has 0 spiro atoms. The van der Waals surface area contributed by atoms with E-state index in [9.17, 15) is 0 Å². The van der Waals surface area contributed by atoms with Gasteiger partial charge in [0.1, 0.15) is 0 Å². The summed E-state index contributed by atoms with van der Waals surface area (Å²) in [5.74, 6) is 0. The molecule has 0 nitrogen and oxygen atoms in total. The molecule has 0 aromatic heterocycles. The van der Waals surface area contributed by atoms with Crippen molar-refractivity contribution < 1.29 is 0 Å². The van der Waals surface area contributed by atoms with Crippen LogP contribution >= 0.6 is 15.9 Å². The average Bonchev–Trinajstić information content (AvgIpc) is 2.03.